The summed E-state index contributed by atoms with van der Waals surface area (Å²) < 4.78 is 14.0. The number of nitrogens with two attached hydrogens (primary N) is 1. The smallest absolute Gasteiger partial charge is 0.292 e. The van der Waals surface area contributed by atoms with E-state index in [4.69, 9.17) is 29.8 Å². The molecule has 0 amide bonds. The van der Waals surface area contributed by atoms with Gasteiger partial charge in [-0.3, -0.25) is 4.79 Å². The number of rotatable bonds is 5. The number of hydrogen-bond donors (Lipinski definition) is 3. The van der Waals surface area contributed by atoms with Crippen molar-refractivity contribution < 1.29 is 19.1 Å². The monoisotopic (exact) mass is 449 g/mol. The summed E-state index contributed by atoms with van der Waals surface area (Å²) in [6, 6.07) is 8.64. The number of anilines is 2. The number of nitrogens with one attached hydrogen (secondary N) is 1. The van der Waals surface area contributed by atoms with Gasteiger partial charge in [-0.15, -0.1) is 0 Å². The molecule has 0 unspecified atom stereocenters. The lowest BCUT2D eigenvalue weighted by atomic mass is 10.1. The lowest BCUT2D eigenvalue weighted by Gasteiger charge is -2.10. The standard InChI is InChI=1S/C23H25N5O2.CH2O2/c1-2-14-8-15(9-18-21(14)30-23(24)27-18)22-26-17-10-16(25-12-13-4-5-13)11-19-20(17)28(22)6-3-7-29-19;2-1-3/h8-11,13,25H,2-7,12H2,1H3,(H2,24,27);1H,(H,2,3). The minimum Gasteiger partial charge on any atom is -0.491 e. The van der Waals surface area contributed by atoms with Crippen LogP contribution in [0.2, 0.25) is 0 Å². The summed E-state index contributed by atoms with van der Waals surface area (Å²) in [5.74, 6) is 2.65. The van der Waals surface area contributed by atoms with E-state index in [1.807, 2.05) is 6.07 Å². The molecule has 0 bridgehead atoms. The molecule has 0 radical (unpaired) electrons. The summed E-state index contributed by atoms with van der Waals surface area (Å²) in [4.78, 5) is 17.8. The van der Waals surface area contributed by atoms with Crippen LogP contribution < -0.4 is 15.8 Å². The maximum atomic E-state index is 8.36. The van der Waals surface area contributed by atoms with Crippen molar-refractivity contribution in [3.8, 4) is 17.1 Å². The Kier molecular flexibility index (Phi) is 5.53. The number of aryl methyl sites for hydroxylation is 2. The van der Waals surface area contributed by atoms with Crippen molar-refractivity contribution in [2.75, 3.05) is 24.2 Å². The maximum Gasteiger partial charge on any atom is 0.292 e. The van der Waals surface area contributed by atoms with Crippen LogP contribution in [0.3, 0.4) is 0 Å². The fourth-order valence-corrected chi connectivity index (χ4v) is 4.38. The largest absolute Gasteiger partial charge is 0.491 e. The Morgan fingerprint density at radius 3 is 2.82 bits per heavy atom. The van der Waals surface area contributed by atoms with Crippen LogP contribution in [0.25, 0.3) is 33.5 Å². The van der Waals surface area contributed by atoms with Gasteiger partial charge in [0.25, 0.3) is 12.5 Å². The molecule has 9 nitrogen and oxygen atoms in total. The summed E-state index contributed by atoms with van der Waals surface area (Å²) in [7, 11) is 0. The highest BCUT2D eigenvalue weighted by molar-refractivity contribution is 5.91. The first-order valence-electron chi connectivity index (χ1n) is 11.3. The van der Waals surface area contributed by atoms with Crippen molar-refractivity contribution in [1.82, 2.24) is 14.5 Å². The number of hydrogen-bond acceptors (Lipinski definition) is 7. The lowest BCUT2D eigenvalue weighted by molar-refractivity contribution is -0.122. The minimum absolute atomic E-state index is 0.199. The zero-order chi connectivity index (χ0) is 22.9. The van der Waals surface area contributed by atoms with E-state index in [1.165, 1.54) is 12.8 Å². The highest BCUT2D eigenvalue weighted by Gasteiger charge is 2.23. The highest BCUT2D eigenvalue weighted by atomic mass is 16.5. The van der Waals surface area contributed by atoms with Gasteiger partial charge >= 0.3 is 0 Å². The number of nitrogen functional groups attached to an aromatic ring is 1. The van der Waals surface area contributed by atoms with E-state index in [0.29, 0.717) is 6.61 Å². The predicted octanol–water partition coefficient (Wildman–Crippen LogP) is 4.29. The highest BCUT2D eigenvalue weighted by Crippen LogP contribution is 2.38. The van der Waals surface area contributed by atoms with E-state index in [9.17, 15) is 0 Å². The van der Waals surface area contributed by atoms with Crippen molar-refractivity contribution >= 4 is 40.3 Å². The molecule has 1 aliphatic carbocycles. The average Bonchev–Trinajstić information content (AvgIpc) is 3.50. The zero-order valence-corrected chi connectivity index (χ0v) is 18.5. The Morgan fingerprint density at radius 1 is 1.24 bits per heavy atom. The van der Waals surface area contributed by atoms with E-state index >= 15 is 0 Å². The van der Waals surface area contributed by atoms with Gasteiger partial charge in [-0.05, 0) is 55.4 Å². The van der Waals surface area contributed by atoms with Gasteiger partial charge < -0.3 is 29.9 Å². The summed E-state index contributed by atoms with van der Waals surface area (Å²) in [6.07, 6.45) is 4.43. The maximum absolute atomic E-state index is 8.36. The summed E-state index contributed by atoms with van der Waals surface area (Å²) in [6.45, 7) is 4.45. The second-order valence-corrected chi connectivity index (χ2v) is 8.45. The molecule has 9 heteroatoms. The molecule has 2 aromatic heterocycles. The van der Waals surface area contributed by atoms with Crippen LogP contribution in [0.15, 0.2) is 28.7 Å². The van der Waals surface area contributed by atoms with Gasteiger partial charge in [0.15, 0.2) is 5.58 Å². The first kappa shape index (κ1) is 21.1. The molecule has 0 spiro atoms. The summed E-state index contributed by atoms with van der Waals surface area (Å²) in [5.41, 5.74) is 12.6. The van der Waals surface area contributed by atoms with Crippen molar-refractivity contribution in [1.29, 1.82) is 0 Å². The molecule has 33 heavy (non-hydrogen) atoms. The number of carboxylic acid groups (broad SMARTS) is 1. The van der Waals surface area contributed by atoms with E-state index in [1.54, 1.807) is 0 Å². The number of oxazole rings is 1. The van der Waals surface area contributed by atoms with Gasteiger partial charge in [-0.25, -0.2) is 4.98 Å². The number of carbonyl (C=O) groups is 1. The number of aromatic nitrogens is 3. The quantitative estimate of drug-likeness (QED) is 0.385. The van der Waals surface area contributed by atoms with Crippen molar-refractivity contribution in [2.45, 2.75) is 39.2 Å². The number of benzene rings is 2. The molecule has 4 aromatic rings. The molecule has 6 rings (SSSR count). The van der Waals surface area contributed by atoms with E-state index in [2.05, 4.69) is 40.0 Å². The van der Waals surface area contributed by atoms with E-state index < -0.39 is 0 Å². The third-order valence-corrected chi connectivity index (χ3v) is 6.10. The van der Waals surface area contributed by atoms with Gasteiger partial charge in [0.1, 0.15) is 22.6 Å². The fraction of sp³-hybridized carbons (Fsp3) is 0.375. The minimum atomic E-state index is -0.250. The Morgan fingerprint density at radius 2 is 2.06 bits per heavy atom. The predicted molar refractivity (Wildman–Crippen MR) is 127 cm³/mol. The Labute approximate surface area is 190 Å². The Balaban J connectivity index is 0.000000724. The second-order valence-electron chi connectivity index (χ2n) is 8.45. The molecule has 4 N–H and O–H groups in total. The lowest BCUT2D eigenvalue weighted by Crippen LogP contribution is -2.03. The van der Waals surface area contributed by atoms with Crippen molar-refractivity contribution in [3.05, 3.63) is 29.8 Å². The van der Waals surface area contributed by atoms with Crippen molar-refractivity contribution in [3.63, 3.8) is 0 Å². The molecule has 1 fully saturated rings. The van der Waals surface area contributed by atoms with Crippen LogP contribution in [-0.2, 0) is 17.8 Å². The Bertz CT molecular complexity index is 1320. The molecule has 2 aromatic carbocycles. The third-order valence-electron chi connectivity index (χ3n) is 6.10. The molecule has 2 aliphatic rings. The fourth-order valence-electron chi connectivity index (χ4n) is 4.38. The number of nitrogens with zero attached hydrogens (tertiary/aromatic N) is 3. The topological polar surface area (TPSA) is 128 Å². The molecule has 0 atom stereocenters. The summed E-state index contributed by atoms with van der Waals surface area (Å²) >= 11 is 0. The number of ether oxygens (including phenoxy) is 1. The molecule has 1 aliphatic heterocycles. The molecule has 1 saturated carbocycles. The van der Waals surface area contributed by atoms with Gasteiger partial charge in [0, 0.05) is 30.4 Å². The van der Waals surface area contributed by atoms with E-state index in [-0.39, 0.29) is 12.5 Å². The van der Waals surface area contributed by atoms with Gasteiger partial charge in [0.05, 0.1) is 12.1 Å². The van der Waals surface area contributed by atoms with Crippen LogP contribution >= 0.6 is 0 Å². The first-order valence-corrected chi connectivity index (χ1v) is 11.3. The number of fused-ring (bicyclic) bond motifs is 1. The average molecular weight is 450 g/mol. The normalized spacial score (nSPS) is 14.9. The SMILES string of the molecule is CCc1cc(-c2nc3cc(NCC4CC4)cc4c3n2CCCO4)cc2nc(N)oc12.O=CO. The molecule has 3 heterocycles. The first-order chi connectivity index (χ1) is 16.1. The second kappa shape index (κ2) is 8.65. The van der Waals surface area contributed by atoms with Crippen LogP contribution in [-0.4, -0.2) is 39.3 Å². The van der Waals surface area contributed by atoms with Gasteiger partial charge in [-0.2, -0.15) is 4.98 Å². The zero-order valence-electron chi connectivity index (χ0n) is 18.5. The molecular formula is C24H27N5O4. The van der Waals surface area contributed by atoms with Gasteiger partial charge in [0.2, 0.25) is 0 Å². The van der Waals surface area contributed by atoms with Crippen LogP contribution in [0.5, 0.6) is 5.75 Å². The van der Waals surface area contributed by atoms with Gasteiger partial charge in [-0.1, -0.05) is 6.92 Å². The van der Waals surface area contributed by atoms with Crippen LogP contribution in [0.4, 0.5) is 11.7 Å². The number of imidazole rings is 1. The van der Waals surface area contributed by atoms with Crippen LogP contribution in [0.1, 0.15) is 31.7 Å². The van der Waals surface area contributed by atoms with E-state index in [0.717, 1.165) is 82.4 Å². The van der Waals surface area contributed by atoms with Crippen molar-refractivity contribution in [2.24, 2.45) is 5.92 Å². The molecular weight excluding hydrogens is 422 g/mol. The van der Waals surface area contributed by atoms with Crippen LogP contribution in [0, 0.1) is 5.92 Å². The molecule has 0 saturated heterocycles. The summed E-state index contributed by atoms with van der Waals surface area (Å²) in [5, 5.41) is 10.5. The molecule has 172 valence electrons. The Hall–Kier alpha value is -3.75. The third kappa shape index (κ3) is 4.06.